The summed E-state index contributed by atoms with van der Waals surface area (Å²) >= 11 is 0. The van der Waals surface area contributed by atoms with Crippen LogP contribution in [0.15, 0.2) is 12.3 Å². The Hall–Kier alpha value is -1.43. The van der Waals surface area contributed by atoms with Crippen molar-refractivity contribution < 1.29 is 14.3 Å². The number of carbonyl (C=O) groups is 1. The lowest BCUT2D eigenvalue weighted by atomic mass is 10.2. The molecule has 0 bridgehead atoms. The van der Waals surface area contributed by atoms with Crippen LogP contribution in [0.3, 0.4) is 0 Å². The molecule has 0 unspecified atom stereocenters. The first-order valence-electron chi connectivity index (χ1n) is 7.21. The van der Waals surface area contributed by atoms with Crippen molar-refractivity contribution >= 4 is 5.91 Å². The molecule has 5 nitrogen and oxygen atoms in total. The summed E-state index contributed by atoms with van der Waals surface area (Å²) in [6, 6.07) is 1.51. The Bertz CT molecular complexity index is 459. The Balaban J connectivity index is 2.13. The van der Waals surface area contributed by atoms with Crippen molar-refractivity contribution in [3.8, 4) is 0 Å². The number of likely N-dealkylation sites (tertiary alicyclic amines) is 1. The number of amides is 1. The number of alkyl halides is 1. The molecule has 1 fully saturated rings. The highest BCUT2D eigenvalue weighted by Crippen LogP contribution is 2.22. The van der Waals surface area contributed by atoms with Gasteiger partial charge in [-0.1, -0.05) is 13.8 Å². The zero-order valence-corrected chi connectivity index (χ0v) is 12.0. The molecule has 2 heterocycles. The third-order valence-electron chi connectivity index (χ3n) is 3.98. The number of rotatable bonds is 5. The number of aliphatic hydroxyl groups excluding tert-OH is 1. The highest BCUT2D eigenvalue weighted by molar-refractivity contribution is 5.92. The minimum Gasteiger partial charge on any atom is -0.394 e. The number of carbonyl (C=O) groups excluding carboxylic acids is 1. The number of halogens is 1. The Morgan fingerprint density at radius 2 is 2.25 bits per heavy atom. The summed E-state index contributed by atoms with van der Waals surface area (Å²) in [5.74, 6) is -0.297. The average Bonchev–Trinajstić information content (AvgIpc) is 3.06. The van der Waals surface area contributed by atoms with Crippen molar-refractivity contribution in [3.63, 3.8) is 0 Å². The summed E-state index contributed by atoms with van der Waals surface area (Å²) < 4.78 is 15.2. The van der Waals surface area contributed by atoms with E-state index in [0.717, 1.165) is 12.8 Å². The van der Waals surface area contributed by atoms with Crippen LogP contribution in [0.25, 0.3) is 0 Å². The summed E-state index contributed by atoms with van der Waals surface area (Å²) in [6.45, 7) is 3.99. The van der Waals surface area contributed by atoms with Gasteiger partial charge in [0, 0.05) is 12.6 Å². The molecule has 1 aliphatic rings. The summed E-state index contributed by atoms with van der Waals surface area (Å²) in [7, 11) is 0. The Morgan fingerprint density at radius 1 is 1.55 bits per heavy atom. The highest BCUT2D eigenvalue weighted by atomic mass is 19.1. The lowest BCUT2D eigenvalue weighted by molar-refractivity contribution is 0.0665. The second-order valence-electron chi connectivity index (χ2n) is 5.28. The monoisotopic (exact) mass is 283 g/mol. The molecule has 0 aliphatic carbocycles. The second-order valence-corrected chi connectivity index (χ2v) is 5.28. The van der Waals surface area contributed by atoms with Crippen molar-refractivity contribution in [1.82, 2.24) is 14.7 Å². The van der Waals surface area contributed by atoms with Gasteiger partial charge in [0.25, 0.3) is 5.91 Å². The number of hydrogen-bond donors (Lipinski definition) is 1. The molecule has 1 N–H and O–H groups in total. The third kappa shape index (κ3) is 2.85. The van der Waals surface area contributed by atoms with Gasteiger partial charge < -0.3 is 10.0 Å². The van der Waals surface area contributed by atoms with Crippen molar-refractivity contribution in [3.05, 3.63) is 18.0 Å². The van der Waals surface area contributed by atoms with E-state index in [1.54, 1.807) is 16.9 Å². The topological polar surface area (TPSA) is 58.4 Å². The molecule has 0 saturated carbocycles. The van der Waals surface area contributed by atoms with Gasteiger partial charge in [0.2, 0.25) is 0 Å². The maximum absolute atomic E-state index is 13.4. The highest BCUT2D eigenvalue weighted by Gasteiger charge is 2.36. The third-order valence-corrected chi connectivity index (χ3v) is 3.98. The predicted octanol–water partition coefficient (Wildman–Crippen LogP) is 1.79. The molecule has 6 heteroatoms. The van der Waals surface area contributed by atoms with E-state index in [1.807, 2.05) is 0 Å². The molecular weight excluding hydrogens is 261 g/mol. The van der Waals surface area contributed by atoms with Crippen molar-refractivity contribution in [2.75, 3.05) is 13.2 Å². The molecule has 0 radical (unpaired) electrons. The van der Waals surface area contributed by atoms with Gasteiger partial charge in [-0.3, -0.25) is 9.48 Å². The predicted molar refractivity (Wildman–Crippen MR) is 73.3 cm³/mol. The van der Waals surface area contributed by atoms with E-state index >= 15 is 0 Å². The molecule has 1 saturated heterocycles. The quantitative estimate of drug-likeness (QED) is 0.896. The zero-order valence-electron chi connectivity index (χ0n) is 12.0. The normalized spacial score (nSPS) is 22.8. The van der Waals surface area contributed by atoms with E-state index in [9.17, 15) is 14.3 Å². The van der Waals surface area contributed by atoms with Gasteiger partial charge in [-0.25, -0.2) is 4.39 Å². The number of nitrogens with zero attached hydrogens (tertiary/aromatic N) is 3. The van der Waals surface area contributed by atoms with Crippen LogP contribution >= 0.6 is 0 Å². The van der Waals surface area contributed by atoms with E-state index in [2.05, 4.69) is 18.9 Å². The van der Waals surface area contributed by atoms with Gasteiger partial charge in [0.15, 0.2) is 0 Å². The van der Waals surface area contributed by atoms with Gasteiger partial charge in [-0.15, -0.1) is 0 Å². The lowest BCUT2D eigenvalue weighted by Gasteiger charge is -2.21. The molecule has 1 aliphatic heterocycles. The molecule has 0 spiro atoms. The summed E-state index contributed by atoms with van der Waals surface area (Å²) in [4.78, 5) is 13.7. The fourth-order valence-corrected chi connectivity index (χ4v) is 2.75. The maximum Gasteiger partial charge on any atom is 0.274 e. The molecule has 1 aromatic rings. The van der Waals surface area contributed by atoms with Crippen LogP contribution in [0.2, 0.25) is 0 Å². The minimum absolute atomic E-state index is 0.0436. The van der Waals surface area contributed by atoms with Gasteiger partial charge in [-0.2, -0.15) is 5.10 Å². The van der Waals surface area contributed by atoms with E-state index in [4.69, 9.17) is 0 Å². The Morgan fingerprint density at radius 3 is 2.85 bits per heavy atom. The van der Waals surface area contributed by atoms with Gasteiger partial charge >= 0.3 is 0 Å². The van der Waals surface area contributed by atoms with Crippen LogP contribution < -0.4 is 0 Å². The number of aliphatic hydroxyl groups is 1. The molecule has 2 atom stereocenters. The molecule has 2 rings (SSSR count). The van der Waals surface area contributed by atoms with Gasteiger partial charge in [0.1, 0.15) is 11.9 Å². The minimum atomic E-state index is -1.06. The Labute approximate surface area is 118 Å². The fraction of sp³-hybridized carbons (Fsp3) is 0.714. The maximum atomic E-state index is 13.4. The standard InChI is InChI=1S/C14H22FN3O2/c1-3-11(4-2)18-6-5-13(16-18)14(20)17-8-10(15)7-12(17)9-19/h5-6,10-12,19H,3-4,7-9H2,1-2H3/t10-,12-/m0/s1. The van der Waals surface area contributed by atoms with Crippen LogP contribution in [0.1, 0.15) is 49.6 Å². The molecule has 20 heavy (non-hydrogen) atoms. The van der Waals surface area contributed by atoms with Crippen LogP contribution in [-0.2, 0) is 0 Å². The molecular formula is C14H22FN3O2. The van der Waals surface area contributed by atoms with Crippen LogP contribution in [-0.4, -0.2) is 51.1 Å². The van der Waals surface area contributed by atoms with Crippen LogP contribution in [0.4, 0.5) is 4.39 Å². The van der Waals surface area contributed by atoms with E-state index < -0.39 is 12.2 Å². The van der Waals surface area contributed by atoms with E-state index in [1.165, 1.54) is 4.90 Å². The zero-order chi connectivity index (χ0) is 14.7. The average molecular weight is 283 g/mol. The van der Waals surface area contributed by atoms with E-state index in [0.29, 0.717) is 5.69 Å². The first-order valence-corrected chi connectivity index (χ1v) is 7.21. The lowest BCUT2D eigenvalue weighted by Crippen LogP contribution is -2.38. The SMILES string of the molecule is CCC(CC)n1ccc(C(=O)N2C[C@@H](F)C[C@H]2CO)n1. The molecule has 112 valence electrons. The van der Waals surface area contributed by atoms with E-state index in [-0.39, 0.29) is 31.5 Å². The fourth-order valence-electron chi connectivity index (χ4n) is 2.75. The van der Waals surface area contributed by atoms with Crippen molar-refractivity contribution in [1.29, 1.82) is 0 Å². The van der Waals surface area contributed by atoms with Crippen LogP contribution in [0, 0.1) is 0 Å². The first kappa shape index (κ1) is 15.0. The molecule has 0 aromatic carbocycles. The van der Waals surface area contributed by atoms with Crippen molar-refractivity contribution in [2.24, 2.45) is 0 Å². The Kier molecular flexibility index (Phi) is 4.75. The molecule has 1 aromatic heterocycles. The summed E-state index contributed by atoms with van der Waals surface area (Å²) in [6.07, 6.45) is 2.83. The first-order chi connectivity index (χ1) is 9.60. The molecule has 1 amide bonds. The summed E-state index contributed by atoms with van der Waals surface area (Å²) in [5, 5.41) is 13.5. The van der Waals surface area contributed by atoms with Gasteiger partial charge in [-0.05, 0) is 18.9 Å². The second kappa shape index (κ2) is 6.35. The smallest absolute Gasteiger partial charge is 0.274 e. The summed E-state index contributed by atoms with van der Waals surface area (Å²) in [5.41, 5.74) is 0.324. The van der Waals surface area contributed by atoms with Crippen molar-refractivity contribution in [2.45, 2.75) is 51.4 Å². The van der Waals surface area contributed by atoms with Crippen LogP contribution in [0.5, 0.6) is 0 Å². The number of aromatic nitrogens is 2. The number of hydrogen-bond acceptors (Lipinski definition) is 3. The largest absolute Gasteiger partial charge is 0.394 e. The van der Waals surface area contributed by atoms with Gasteiger partial charge in [0.05, 0.1) is 25.2 Å².